The average Bonchev–Trinajstić information content (AvgIpc) is 2.31. The van der Waals surface area contributed by atoms with E-state index in [-0.39, 0.29) is 13.2 Å². The van der Waals surface area contributed by atoms with E-state index in [0.717, 1.165) is 0 Å². The molecule has 0 saturated carbocycles. The molecule has 0 aromatic heterocycles. The zero-order chi connectivity index (χ0) is 9.19. The Bertz CT molecular complexity index is 217. The fraction of sp³-hybridized carbons (Fsp3) is 1.00. The van der Waals surface area contributed by atoms with Gasteiger partial charge in [0.1, 0.15) is 11.7 Å². The molecule has 0 radical (unpaired) electrons. The SMILES string of the molecule is [N-]=[N+]=NCC1(O)COC(O)C1O. The molecule has 68 valence electrons. The molecule has 3 unspecified atom stereocenters. The summed E-state index contributed by atoms with van der Waals surface area (Å²) >= 11 is 0. The van der Waals surface area contributed by atoms with Crippen LogP contribution < -0.4 is 0 Å². The fourth-order valence-corrected chi connectivity index (χ4v) is 0.965. The normalized spacial score (nSPS) is 40.9. The van der Waals surface area contributed by atoms with Crippen molar-refractivity contribution >= 4 is 0 Å². The van der Waals surface area contributed by atoms with E-state index in [2.05, 4.69) is 14.8 Å². The van der Waals surface area contributed by atoms with E-state index in [1.54, 1.807) is 0 Å². The van der Waals surface area contributed by atoms with E-state index >= 15 is 0 Å². The standard InChI is InChI=1S/C5H9N3O4/c6-8-7-1-5(11)2-12-4(10)3(5)9/h3-4,9-11H,1-2H2. The van der Waals surface area contributed by atoms with Gasteiger partial charge in [0.25, 0.3) is 0 Å². The maximum Gasteiger partial charge on any atom is 0.183 e. The Morgan fingerprint density at radius 2 is 2.33 bits per heavy atom. The van der Waals surface area contributed by atoms with Crippen LogP contribution in [0.25, 0.3) is 10.4 Å². The predicted octanol–water partition coefficient (Wildman–Crippen LogP) is -1.26. The van der Waals surface area contributed by atoms with Crippen molar-refractivity contribution in [2.45, 2.75) is 18.0 Å². The third-order valence-electron chi connectivity index (χ3n) is 1.73. The number of aliphatic hydroxyl groups excluding tert-OH is 2. The zero-order valence-corrected chi connectivity index (χ0v) is 6.16. The van der Waals surface area contributed by atoms with Crippen molar-refractivity contribution < 1.29 is 20.1 Å². The minimum absolute atomic E-state index is 0.242. The van der Waals surface area contributed by atoms with Crippen LogP contribution in [0.3, 0.4) is 0 Å². The summed E-state index contributed by atoms with van der Waals surface area (Å²) in [5, 5.41) is 30.6. The Morgan fingerprint density at radius 3 is 2.75 bits per heavy atom. The second kappa shape index (κ2) is 3.26. The molecule has 0 aromatic carbocycles. The molecule has 0 bridgehead atoms. The minimum atomic E-state index is -1.66. The molecule has 1 fully saturated rings. The van der Waals surface area contributed by atoms with Gasteiger partial charge in [0.05, 0.1) is 13.2 Å². The van der Waals surface area contributed by atoms with Gasteiger partial charge in [-0.15, -0.1) is 0 Å². The van der Waals surface area contributed by atoms with Crippen molar-refractivity contribution in [2.24, 2.45) is 5.11 Å². The van der Waals surface area contributed by atoms with Crippen LogP contribution in [0.4, 0.5) is 0 Å². The molecule has 1 heterocycles. The maximum absolute atomic E-state index is 9.46. The first-order valence-corrected chi connectivity index (χ1v) is 3.31. The molecule has 0 spiro atoms. The third kappa shape index (κ3) is 1.50. The number of azide groups is 1. The van der Waals surface area contributed by atoms with Crippen LogP contribution in [0.15, 0.2) is 5.11 Å². The van der Waals surface area contributed by atoms with Gasteiger partial charge in [0.15, 0.2) is 6.29 Å². The Hall–Kier alpha value is -0.850. The van der Waals surface area contributed by atoms with Gasteiger partial charge in [-0.25, -0.2) is 0 Å². The molecular formula is C5H9N3O4. The Labute approximate surface area is 67.8 Å². The number of ether oxygens (including phenoxy) is 1. The molecular weight excluding hydrogens is 166 g/mol. The van der Waals surface area contributed by atoms with Crippen LogP contribution in [0.2, 0.25) is 0 Å². The first-order valence-electron chi connectivity index (χ1n) is 3.31. The highest BCUT2D eigenvalue weighted by molar-refractivity contribution is 4.94. The van der Waals surface area contributed by atoms with Crippen LogP contribution in [0, 0.1) is 0 Å². The number of hydrogen-bond acceptors (Lipinski definition) is 5. The van der Waals surface area contributed by atoms with Gasteiger partial charge in [-0.2, -0.15) is 0 Å². The van der Waals surface area contributed by atoms with E-state index in [1.807, 2.05) is 0 Å². The lowest BCUT2D eigenvalue weighted by atomic mass is 10.0. The summed E-state index contributed by atoms with van der Waals surface area (Å²) in [5.41, 5.74) is 6.29. The molecule has 1 aliphatic heterocycles. The van der Waals surface area contributed by atoms with Crippen molar-refractivity contribution in [3.05, 3.63) is 10.4 Å². The van der Waals surface area contributed by atoms with Gasteiger partial charge >= 0.3 is 0 Å². The molecule has 3 N–H and O–H groups in total. The highest BCUT2D eigenvalue weighted by Crippen LogP contribution is 2.23. The quantitative estimate of drug-likeness (QED) is 0.275. The maximum atomic E-state index is 9.46. The van der Waals surface area contributed by atoms with Gasteiger partial charge < -0.3 is 20.1 Å². The van der Waals surface area contributed by atoms with Crippen molar-refractivity contribution in [1.82, 2.24) is 0 Å². The van der Waals surface area contributed by atoms with E-state index in [9.17, 15) is 5.11 Å². The molecule has 12 heavy (non-hydrogen) atoms. The summed E-state index contributed by atoms with van der Waals surface area (Å²) in [6.07, 6.45) is -2.84. The zero-order valence-electron chi connectivity index (χ0n) is 6.16. The van der Waals surface area contributed by atoms with Crippen LogP contribution in [-0.4, -0.2) is 46.5 Å². The van der Waals surface area contributed by atoms with E-state index in [1.165, 1.54) is 0 Å². The molecule has 0 aromatic rings. The summed E-state index contributed by atoms with van der Waals surface area (Å²) in [7, 11) is 0. The molecule has 0 aliphatic carbocycles. The largest absolute Gasteiger partial charge is 0.385 e. The first kappa shape index (κ1) is 9.24. The van der Waals surface area contributed by atoms with Crippen molar-refractivity contribution in [3.8, 4) is 0 Å². The van der Waals surface area contributed by atoms with E-state index in [0.29, 0.717) is 0 Å². The lowest BCUT2D eigenvalue weighted by molar-refractivity contribution is -0.120. The van der Waals surface area contributed by atoms with Gasteiger partial charge in [-0.3, -0.25) is 0 Å². The smallest absolute Gasteiger partial charge is 0.183 e. The summed E-state index contributed by atoms with van der Waals surface area (Å²) in [5.74, 6) is 0. The lowest BCUT2D eigenvalue weighted by Gasteiger charge is -2.22. The Morgan fingerprint density at radius 1 is 1.67 bits per heavy atom. The highest BCUT2D eigenvalue weighted by atomic mass is 16.6. The minimum Gasteiger partial charge on any atom is -0.385 e. The van der Waals surface area contributed by atoms with Crippen molar-refractivity contribution in [3.63, 3.8) is 0 Å². The van der Waals surface area contributed by atoms with Crippen molar-refractivity contribution in [2.75, 3.05) is 13.2 Å². The molecule has 3 atom stereocenters. The first-order chi connectivity index (χ1) is 5.60. The molecule has 1 saturated heterocycles. The topological polar surface area (TPSA) is 119 Å². The Balaban J connectivity index is 2.65. The van der Waals surface area contributed by atoms with Crippen LogP contribution in [0.5, 0.6) is 0 Å². The van der Waals surface area contributed by atoms with E-state index in [4.69, 9.17) is 15.7 Å². The summed E-state index contributed by atoms with van der Waals surface area (Å²) < 4.78 is 4.55. The summed E-state index contributed by atoms with van der Waals surface area (Å²) in [6, 6.07) is 0. The van der Waals surface area contributed by atoms with Crippen molar-refractivity contribution in [1.29, 1.82) is 0 Å². The summed E-state index contributed by atoms with van der Waals surface area (Å²) in [6.45, 7) is -0.559. The number of nitrogens with zero attached hydrogens (tertiary/aromatic N) is 3. The monoisotopic (exact) mass is 175 g/mol. The van der Waals surface area contributed by atoms with Crippen LogP contribution >= 0.6 is 0 Å². The lowest BCUT2D eigenvalue weighted by Crippen LogP contribution is -2.46. The molecule has 0 amide bonds. The molecule has 7 heteroatoms. The number of hydrogen-bond donors (Lipinski definition) is 3. The highest BCUT2D eigenvalue weighted by Gasteiger charge is 2.46. The van der Waals surface area contributed by atoms with Gasteiger partial charge in [0, 0.05) is 4.91 Å². The van der Waals surface area contributed by atoms with Crippen LogP contribution in [-0.2, 0) is 4.74 Å². The average molecular weight is 175 g/mol. The predicted molar refractivity (Wildman–Crippen MR) is 36.9 cm³/mol. The molecule has 7 nitrogen and oxygen atoms in total. The number of rotatable bonds is 2. The number of aliphatic hydroxyl groups is 3. The molecule has 1 rings (SSSR count). The molecule has 1 aliphatic rings. The third-order valence-corrected chi connectivity index (χ3v) is 1.73. The second-order valence-electron chi connectivity index (χ2n) is 2.64. The second-order valence-corrected chi connectivity index (χ2v) is 2.64. The van der Waals surface area contributed by atoms with Crippen LogP contribution in [0.1, 0.15) is 0 Å². The van der Waals surface area contributed by atoms with Gasteiger partial charge in [-0.05, 0) is 5.53 Å². The van der Waals surface area contributed by atoms with E-state index < -0.39 is 18.0 Å². The van der Waals surface area contributed by atoms with Gasteiger partial charge in [-0.1, -0.05) is 5.11 Å². The fourth-order valence-electron chi connectivity index (χ4n) is 0.965. The Kier molecular flexibility index (Phi) is 2.51. The van der Waals surface area contributed by atoms with Gasteiger partial charge in [0.2, 0.25) is 0 Å². The summed E-state index contributed by atoms with van der Waals surface area (Å²) in [4.78, 5) is 2.42.